The highest BCUT2D eigenvalue weighted by atomic mass is 16.6. The van der Waals surface area contributed by atoms with E-state index in [1.165, 1.54) is 0 Å². The number of aliphatic hydroxyl groups is 4. The second-order valence-corrected chi connectivity index (χ2v) is 5.01. The van der Waals surface area contributed by atoms with E-state index in [1.54, 1.807) is 30.3 Å². The van der Waals surface area contributed by atoms with E-state index in [-0.39, 0.29) is 12.7 Å². The average Bonchev–Trinajstić information content (AvgIpc) is 2.62. The molecule has 1 aromatic rings. The van der Waals surface area contributed by atoms with E-state index in [9.17, 15) is 24.9 Å². The van der Waals surface area contributed by atoms with E-state index in [2.05, 4.69) is 0 Å². The van der Waals surface area contributed by atoms with Crippen LogP contribution in [0.5, 0.6) is 0 Å². The molecule has 128 valence electrons. The molecule has 0 radical (unpaired) electrons. The quantitative estimate of drug-likeness (QED) is 0.238. The number of nitrogens with two attached hydrogens (primary N) is 1. The lowest BCUT2D eigenvalue weighted by Gasteiger charge is -2.28. The van der Waals surface area contributed by atoms with Crippen molar-refractivity contribution in [3.63, 3.8) is 0 Å². The van der Waals surface area contributed by atoms with Crippen molar-refractivity contribution in [2.75, 3.05) is 6.61 Å². The van der Waals surface area contributed by atoms with Crippen LogP contribution in [0.15, 0.2) is 30.3 Å². The van der Waals surface area contributed by atoms with Gasteiger partial charge in [0.15, 0.2) is 12.4 Å². The van der Waals surface area contributed by atoms with Crippen LogP contribution in [0.25, 0.3) is 0 Å². The lowest BCUT2D eigenvalue weighted by molar-refractivity contribution is -0.175. The van der Waals surface area contributed by atoms with E-state index >= 15 is 0 Å². The topological polar surface area (TPSA) is 150 Å². The number of ether oxygens (including phenoxy) is 1. The maximum absolute atomic E-state index is 12.1. The molecule has 1 aromatic carbocycles. The molecule has 0 saturated heterocycles. The number of hydrogen-bond acceptors (Lipinski definition) is 8. The van der Waals surface area contributed by atoms with Crippen molar-refractivity contribution in [3.8, 4) is 0 Å². The van der Waals surface area contributed by atoms with Crippen molar-refractivity contribution < 1.29 is 36.2 Å². The van der Waals surface area contributed by atoms with E-state index in [4.69, 9.17) is 11.3 Å². The molecule has 6 N–H and O–H groups in total. The lowest BCUT2D eigenvalue weighted by atomic mass is 10.0. The van der Waals surface area contributed by atoms with Crippen LogP contribution in [-0.2, 0) is 20.7 Å². The van der Waals surface area contributed by atoms with Crippen LogP contribution in [0.3, 0.4) is 0 Å². The Morgan fingerprint density at radius 2 is 1.96 bits per heavy atom. The van der Waals surface area contributed by atoms with Gasteiger partial charge in [-0.1, -0.05) is 30.3 Å². The van der Waals surface area contributed by atoms with Gasteiger partial charge in [-0.05, 0) is 12.0 Å². The fourth-order valence-corrected chi connectivity index (χ4v) is 1.90. The van der Waals surface area contributed by atoms with Gasteiger partial charge in [0.2, 0.25) is 0 Å². The van der Waals surface area contributed by atoms with Gasteiger partial charge < -0.3 is 35.7 Å². The summed E-state index contributed by atoms with van der Waals surface area (Å²) >= 11 is 0. The Labute approximate surface area is 134 Å². The fraction of sp³-hybridized carbons (Fsp3) is 0.467. The zero-order valence-electron chi connectivity index (χ0n) is 13.3. The summed E-state index contributed by atoms with van der Waals surface area (Å²) in [5, 5.41) is 37.6. The maximum Gasteiger partial charge on any atom is 0.323 e. The molecule has 0 aliphatic heterocycles. The number of carbonyl (C=O) groups excluding carboxylic acids is 2. The average molecular weight is 328 g/mol. The first-order chi connectivity index (χ1) is 11.4. The molecule has 0 bridgehead atoms. The third-order valence-corrected chi connectivity index (χ3v) is 3.21. The second kappa shape index (κ2) is 9.33. The number of aldehydes is 1. The van der Waals surface area contributed by atoms with Gasteiger partial charge in [0, 0.05) is 0 Å². The molecular formula is C15H21NO7. The highest BCUT2D eigenvalue weighted by Gasteiger charge is 2.36. The van der Waals surface area contributed by atoms with Crippen molar-refractivity contribution in [2.24, 2.45) is 5.73 Å². The Balaban J connectivity index is 2.82. The van der Waals surface area contributed by atoms with Gasteiger partial charge in [-0.3, -0.25) is 4.79 Å². The Morgan fingerprint density at radius 3 is 2.48 bits per heavy atom. The van der Waals surface area contributed by atoms with Gasteiger partial charge in [0.25, 0.3) is 0 Å². The van der Waals surface area contributed by atoms with Gasteiger partial charge >= 0.3 is 5.97 Å². The van der Waals surface area contributed by atoms with Crippen LogP contribution in [0.1, 0.15) is 5.56 Å². The number of carbonyl (C=O) groups is 2. The summed E-state index contributed by atoms with van der Waals surface area (Å²) < 4.78 is 12.1. The Kier molecular flexibility index (Phi) is 7.11. The summed E-state index contributed by atoms with van der Waals surface area (Å²) in [6.07, 6.45) is -7.12. The predicted octanol–water partition coefficient (Wildman–Crippen LogP) is -2.26. The summed E-state index contributed by atoms with van der Waals surface area (Å²) in [6.45, 7) is -0.856. The molecule has 0 unspecified atom stereocenters. The summed E-state index contributed by atoms with van der Waals surface area (Å²) in [4.78, 5) is 22.9. The normalized spacial score (nSPS) is 18.2. The zero-order valence-corrected chi connectivity index (χ0v) is 12.3. The van der Waals surface area contributed by atoms with Crippen LogP contribution in [0.4, 0.5) is 0 Å². The summed E-state index contributed by atoms with van der Waals surface area (Å²) in [7, 11) is 0. The van der Waals surface area contributed by atoms with Crippen LogP contribution in [0, 0.1) is 0 Å². The fourth-order valence-electron chi connectivity index (χ4n) is 1.90. The Morgan fingerprint density at radius 1 is 1.30 bits per heavy atom. The smallest absolute Gasteiger partial charge is 0.323 e. The monoisotopic (exact) mass is 328 g/mol. The minimum absolute atomic E-state index is 0.0333. The lowest BCUT2D eigenvalue weighted by Crippen LogP contribution is -2.51. The van der Waals surface area contributed by atoms with Gasteiger partial charge in [0.05, 0.1) is 6.61 Å². The minimum Gasteiger partial charge on any atom is -0.455 e. The third kappa shape index (κ3) is 5.70. The standard InChI is InChI=1S/C15H21NO7/c16-10(6-9-4-2-1-3-5-9)15(22)23-14(12(20)8-18)13(21)11(19)7-17/h1-5,8,10-14,17,19-21H,6-7,16H2/t10-,11+,12-,13-,14+/m0/s1/i/hD. The highest BCUT2D eigenvalue weighted by molar-refractivity contribution is 5.76. The molecule has 0 aromatic heterocycles. The van der Waals surface area contributed by atoms with E-state index in [0.29, 0.717) is 0 Å². The number of hydrogen-bond donors (Lipinski definition) is 5. The zero-order chi connectivity index (χ0) is 18.1. The molecule has 8 nitrogen and oxygen atoms in total. The first-order valence-electron chi connectivity index (χ1n) is 7.46. The minimum atomic E-state index is -1.90. The molecule has 1 rings (SSSR count). The number of aliphatic hydroxyl groups excluding tert-OH is 4. The molecule has 0 heterocycles. The van der Waals surface area contributed by atoms with Gasteiger partial charge in [-0.15, -0.1) is 0 Å². The Bertz CT molecular complexity index is 516. The molecule has 0 spiro atoms. The highest BCUT2D eigenvalue weighted by Crippen LogP contribution is 2.11. The summed E-state index contributed by atoms with van der Waals surface area (Å²) in [6, 6.07) is 7.64. The van der Waals surface area contributed by atoms with Crippen molar-refractivity contribution in [1.82, 2.24) is 0 Å². The van der Waals surface area contributed by atoms with Crippen LogP contribution < -0.4 is 5.73 Å². The molecule has 0 saturated carbocycles. The first kappa shape index (κ1) is 17.5. The van der Waals surface area contributed by atoms with Crippen molar-refractivity contribution >= 4 is 12.3 Å². The second-order valence-electron chi connectivity index (χ2n) is 5.01. The number of rotatable bonds is 10. The van der Waals surface area contributed by atoms with Crippen LogP contribution in [-0.4, -0.2) is 69.7 Å². The van der Waals surface area contributed by atoms with E-state index in [1.807, 2.05) is 5.73 Å². The summed E-state index contributed by atoms with van der Waals surface area (Å²) in [5.74, 6) is -0.996. The SMILES string of the molecule is [2H]N[C@@H](Cc1ccccc1)C(=O)O[C@@H]([C@@H](O)[C@H](O)CO)[C@@H](O)C=O. The van der Waals surface area contributed by atoms with Crippen LogP contribution >= 0.6 is 0 Å². The van der Waals surface area contributed by atoms with E-state index < -0.39 is 43.0 Å². The molecular weight excluding hydrogens is 306 g/mol. The van der Waals surface area contributed by atoms with Gasteiger partial charge in [-0.25, -0.2) is 0 Å². The largest absolute Gasteiger partial charge is 0.455 e. The molecule has 0 amide bonds. The van der Waals surface area contributed by atoms with Gasteiger partial charge in [0.1, 0.15) is 25.8 Å². The molecule has 0 fully saturated rings. The molecule has 8 heteroatoms. The van der Waals surface area contributed by atoms with E-state index in [0.717, 1.165) is 5.56 Å². The van der Waals surface area contributed by atoms with Crippen molar-refractivity contribution in [2.45, 2.75) is 36.9 Å². The van der Waals surface area contributed by atoms with Crippen molar-refractivity contribution in [1.29, 1.82) is 0 Å². The molecule has 0 aliphatic carbocycles. The first-order valence-corrected chi connectivity index (χ1v) is 6.96. The molecule has 23 heavy (non-hydrogen) atoms. The van der Waals surface area contributed by atoms with Crippen molar-refractivity contribution in [3.05, 3.63) is 35.9 Å². The van der Waals surface area contributed by atoms with Gasteiger partial charge in [-0.2, -0.15) is 0 Å². The molecule has 0 aliphatic rings. The Hall–Kier alpha value is -1.84. The molecule has 5 atom stereocenters. The third-order valence-electron chi connectivity index (χ3n) is 3.21. The number of benzene rings is 1. The summed E-state index contributed by atoms with van der Waals surface area (Å²) in [5.41, 5.74) is 2.75. The number of esters is 1. The maximum atomic E-state index is 12.1. The van der Waals surface area contributed by atoms with Crippen LogP contribution in [0.2, 0.25) is 1.41 Å². The predicted molar refractivity (Wildman–Crippen MR) is 79.2 cm³/mol.